The van der Waals surface area contributed by atoms with E-state index in [1.807, 2.05) is 12.3 Å². The first-order valence-electron chi connectivity index (χ1n) is 7.52. The van der Waals surface area contributed by atoms with Gasteiger partial charge in [0.2, 0.25) is 11.8 Å². The van der Waals surface area contributed by atoms with E-state index in [1.165, 1.54) is 11.3 Å². The summed E-state index contributed by atoms with van der Waals surface area (Å²) in [6.07, 6.45) is 3.97. The normalized spacial score (nSPS) is 22.8. The van der Waals surface area contributed by atoms with E-state index in [1.54, 1.807) is 11.1 Å². The summed E-state index contributed by atoms with van der Waals surface area (Å²) in [4.78, 5) is 31.0. The van der Waals surface area contributed by atoms with Crippen molar-refractivity contribution in [2.75, 3.05) is 0 Å². The number of carbonyl (C=O) groups is 2. The highest BCUT2D eigenvalue weighted by Crippen LogP contribution is 2.21. The van der Waals surface area contributed by atoms with E-state index in [0.29, 0.717) is 25.3 Å². The molecular weight excluding hydrogens is 286 g/mol. The minimum atomic E-state index is -0.398. The highest BCUT2D eigenvalue weighted by Gasteiger charge is 2.40. The van der Waals surface area contributed by atoms with Crippen molar-refractivity contribution in [1.82, 2.24) is 15.2 Å². The van der Waals surface area contributed by atoms with Crippen molar-refractivity contribution >= 4 is 23.2 Å². The van der Waals surface area contributed by atoms with Gasteiger partial charge in [-0.15, -0.1) is 11.3 Å². The van der Waals surface area contributed by atoms with Gasteiger partial charge < -0.3 is 10.2 Å². The predicted molar refractivity (Wildman–Crippen MR) is 82.7 cm³/mol. The number of amides is 2. The Hall–Kier alpha value is -1.43. The Morgan fingerprint density at radius 1 is 1.43 bits per heavy atom. The summed E-state index contributed by atoms with van der Waals surface area (Å²) in [5, 5.41) is 5.67. The highest BCUT2D eigenvalue weighted by molar-refractivity contribution is 7.09. The molecule has 6 heteroatoms. The number of rotatable bonds is 6. The Bertz CT molecular complexity index is 487. The summed E-state index contributed by atoms with van der Waals surface area (Å²) in [5.41, 5.74) is 0. The summed E-state index contributed by atoms with van der Waals surface area (Å²) in [7, 11) is 0. The molecule has 1 aliphatic rings. The van der Waals surface area contributed by atoms with Crippen molar-refractivity contribution in [1.29, 1.82) is 0 Å². The van der Waals surface area contributed by atoms with Crippen molar-refractivity contribution in [2.45, 2.75) is 58.7 Å². The minimum Gasteiger partial charge on any atom is -0.342 e. The molecule has 0 saturated carbocycles. The fourth-order valence-corrected chi connectivity index (χ4v) is 3.30. The van der Waals surface area contributed by atoms with Crippen LogP contribution in [-0.2, 0) is 16.1 Å². The van der Waals surface area contributed by atoms with Crippen molar-refractivity contribution in [2.24, 2.45) is 5.92 Å². The van der Waals surface area contributed by atoms with E-state index in [-0.39, 0.29) is 17.9 Å². The average Bonchev–Trinajstić information content (AvgIpc) is 2.92. The minimum absolute atomic E-state index is 0.0250. The Kier molecular flexibility index (Phi) is 5.33. The third-order valence-electron chi connectivity index (χ3n) is 3.63. The van der Waals surface area contributed by atoms with Gasteiger partial charge in [0.15, 0.2) is 0 Å². The molecule has 1 aromatic heterocycles. The highest BCUT2D eigenvalue weighted by atomic mass is 32.1. The second kappa shape index (κ2) is 7.02. The monoisotopic (exact) mass is 309 g/mol. The molecule has 116 valence electrons. The molecule has 0 aromatic carbocycles. The lowest BCUT2D eigenvalue weighted by Gasteiger charge is -2.39. The average molecular weight is 309 g/mol. The Morgan fingerprint density at radius 3 is 2.76 bits per heavy atom. The summed E-state index contributed by atoms with van der Waals surface area (Å²) < 4.78 is 0. The maximum atomic E-state index is 12.7. The van der Waals surface area contributed by atoms with Crippen LogP contribution in [0.5, 0.6) is 0 Å². The maximum Gasteiger partial charge on any atom is 0.246 e. The number of aromatic nitrogens is 1. The SMILES string of the molecule is CCCC1C(=O)NC(CC(C)C)C(=O)N1Cc1nccs1. The molecule has 21 heavy (non-hydrogen) atoms. The molecule has 1 aliphatic heterocycles. The quantitative estimate of drug-likeness (QED) is 0.876. The third kappa shape index (κ3) is 3.81. The fourth-order valence-electron chi connectivity index (χ4n) is 2.68. The maximum absolute atomic E-state index is 12.7. The van der Waals surface area contributed by atoms with Crippen LogP contribution < -0.4 is 5.32 Å². The number of hydrogen-bond donors (Lipinski definition) is 1. The number of piperazine rings is 1. The molecule has 5 nitrogen and oxygen atoms in total. The Balaban J connectivity index is 2.19. The largest absolute Gasteiger partial charge is 0.342 e. The molecule has 1 aromatic rings. The van der Waals surface area contributed by atoms with Gasteiger partial charge in [0.1, 0.15) is 17.1 Å². The first kappa shape index (κ1) is 15.9. The standard InChI is InChI=1S/C15H23N3O2S/c1-4-5-12-14(19)17-11(8-10(2)3)15(20)18(12)9-13-16-6-7-21-13/h6-7,10-12H,4-5,8-9H2,1-3H3,(H,17,19). The molecule has 2 atom stereocenters. The third-order valence-corrected chi connectivity index (χ3v) is 4.40. The molecule has 1 fully saturated rings. The van der Waals surface area contributed by atoms with Crippen LogP contribution >= 0.6 is 11.3 Å². The van der Waals surface area contributed by atoms with Crippen molar-refractivity contribution < 1.29 is 9.59 Å². The van der Waals surface area contributed by atoms with Crippen LogP contribution in [-0.4, -0.2) is 33.8 Å². The van der Waals surface area contributed by atoms with Gasteiger partial charge in [0, 0.05) is 11.6 Å². The van der Waals surface area contributed by atoms with E-state index in [2.05, 4.69) is 24.1 Å². The second-order valence-electron chi connectivity index (χ2n) is 5.89. The van der Waals surface area contributed by atoms with Gasteiger partial charge in [-0.2, -0.15) is 0 Å². The first-order valence-corrected chi connectivity index (χ1v) is 8.40. The van der Waals surface area contributed by atoms with Gasteiger partial charge in [-0.05, 0) is 18.8 Å². The first-order chi connectivity index (χ1) is 10.0. The number of carbonyl (C=O) groups excluding carboxylic acids is 2. The Morgan fingerprint density at radius 2 is 2.19 bits per heavy atom. The van der Waals surface area contributed by atoms with E-state index >= 15 is 0 Å². The van der Waals surface area contributed by atoms with Gasteiger partial charge in [-0.1, -0.05) is 27.2 Å². The lowest BCUT2D eigenvalue weighted by Crippen LogP contribution is -2.63. The van der Waals surface area contributed by atoms with Crippen LogP contribution in [0.3, 0.4) is 0 Å². The lowest BCUT2D eigenvalue weighted by atomic mass is 9.97. The second-order valence-corrected chi connectivity index (χ2v) is 6.87. The zero-order valence-corrected chi connectivity index (χ0v) is 13.7. The number of nitrogens with zero attached hydrogens (tertiary/aromatic N) is 2. The zero-order valence-electron chi connectivity index (χ0n) is 12.8. The molecule has 0 bridgehead atoms. The fraction of sp³-hybridized carbons (Fsp3) is 0.667. The molecule has 2 amide bonds. The zero-order chi connectivity index (χ0) is 15.4. The summed E-state index contributed by atoms with van der Waals surface area (Å²) >= 11 is 1.52. The molecular formula is C15H23N3O2S. The van der Waals surface area contributed by atoms with Gasteiger partial charge in [0.25, 0.3) is 0 Å². The van der Waals surface area contributed by atoms with E-state index < -0.39 is 6.04 Å². The molecule has 2 heterocycles. The van der Waals surface area contributed by atoms with Gasteiger partial charge in [0.05, 0.1) is 6.54 Å². The molecule has 1 N–H and O–H groups in total. The van der Waals surface area contributed by atoms with Crippen molar-refractivity contribution in [3.05, 3.63) is 16.6 Å². The summed E-state index contributed by atoms with van der Waals surface area (Å²) in [5.74, 6) is 0.360. The van der Waals surface area contributed by atoms with Crippen LogP contribution in [0.15, 0.2) is 11.6 Å². The van der Waals surface area contributed by atoms with Gasteiger partial charge in [-0.3, -0.25) is 9.59 Å². The number of nitrogens with one attached hydrogen (secondary N) is 1. The van der Waals surface area contributed by atoms with E-state index in [4.69, 9.17) is 0 Å². The smallest absolute Gasteiger partial charge is 0.246 e. The molecule has 2 unspecified atom stereocenters. The Labute approximate surface area is 129 Å². The topological polar surface area (TPSA) is 62.3 Å². The summed E-state index contributed by atoms with van der Waals surface area (Å²) in [6.45, 7) is 6.58. The van der Waals surface area contributed by atoms with Crippen LogP contribution in [0.25, 0.3) is 0 Å². The van der Waals surface area contributed by atoms with E-state index in [0.717, 1.165) is 11.4 Å². The van der Waals surface area contributed by atoms with Crippen molar-refractivity contribution in [3.8, 4) is 0 Å². The van der Waals surface area contributed by atoms with E-state index in [9.17, 15) is 9.59 Å². The molecule has 0 aliphatic carbocycles. The predicted octanol–water partition coefficient (Wildman–Crippen LogP) is 2.18. The van der Waals surface area contributed by atoms with Crippen molar-refractivity contribution in [3.63, 3.8) is 0 Å². The van der Waals surface area contributed by atoms with Crippen LogP contribution in [0.1, 0.15) is 45.0 Å². The lowest BCUT2D eigenvalue weighted by molar-refractivity contribution is -0.150. The molecule has 1 saturated heterocycles. The van der Waals surface area contributed by atoms with Crippen LogP contribution in [0, 0.1) is 5.92 Å². The molecule has 0 spiro atoms. The number of hydrogen-bond acceptors (Lipinski definition) is 4. The molecule has 0 radical (unpaired) electrons. The number of thiazole rings is 1. The van der Waals surface area contributed by atoms with Crippen LogP contribution in [0.4, 0.5) is 0 Å². The van der Waals surface area contributed by atoms with Crippen LogP contribution in [0.2, 0.25) is 0 Å². The van der Waals surface area contributed by atoms with Gasteiger partial charge in [-0.25, -0.2) is 4.98 Å². The summed E-state index contributed by atoms with van der Waals surface area (Å²) in [6, 6.07) is -0.764. The molecule has 2 rings (SSSR count). The van der Waals surface area contributed by atoms with Gasteiger partial charge >= 0.3 is 0 Å².